The number of hydrogen-bond acceptors (Lipinski definition) is 2. The van der Waals surface area contributed by atoms with Crippen LogP contribution in [0, 0.1) is 6.92 Å². The lowest BCUT2D eigenvalue weighted by Gasteiger charge is -2.02. The molecule has 0 aliphatic carbocycles. The van der Waals surface area contributed by atoms with E-state index in [4.69, 9.17) is 21.4 Å². The average Bonchev–Trinajstić information content (AvgIpc) is 2.62. The Morgan fingerprint density at radius 1 is 1.50 bits per heavy atom. The molecule has 5 heteroatoms. The third-order valence-corrected chi connectivity index (χ3v) is 3.06. The van der Waals surface area contributed by atoms with E-state index in [0.717, 1.165) is 28.2 Å². The number of rotatable bonds is 3. The standard InChI is InChI=1S/C13H12ClNO3/c1-7-8-5-12(18-2)9(14)6-11(8)15-10(7)3-4-13(16)17/h3-6,15H,1-2H3,(H,16,17)/b4-3+. The third-order valence-electron chi connectivity index (χ3n) is 2.76. The van der Waals surface area contributed by atoms with Crippen LogP contribution in [0.4, 0.5) is 0 Å². The highest BCUT2D eigenvalue weighted by atomic mass is 35.5. The Kier molecular flexibility index (Phi) is 3.30. The number of benzene rings is 1. The summed E-state index contributed by atoms with van der Waals surface area (Å²) in [4.78, 5) is 13.6. The number of carboxylic acids is 1. The first-order valence-corrected chi connectivity index (χ1v) is 5.67. The van der Waals surface area contributed by atoms with Crippen molar-refractivity contribution in [2.75, 3.05) is 7.11 Å². The zero-order valence-electron chi connectivity index (χ0n) is 9.95. The van der Waals surface area contributed by atoms with E-state index in [0.29, 0.717) is 10.8 Å². The van der Waals surface area contributed by atoms with E-state index in [1.54, 1.807) is 13.2 Å². The largest absolute Gasteiger partial charge is 0.495 e. The number of ether oxygens (including phenoxy) is 1. The van der Waals surface area contributed by atoms with E-state index in [2.05, 4.69) is 4.98 Å². The summed E-state index contributed by atoms with van der Waals surface area (Å²) >= 11 is 6.04. The summed E-state index contributed by atoms with van der Waals surface area (Å²) < 4.78 is 5.16. The third kappa shape index (κ3) is 2.19. The fourth-order valence-corrected chi connectivity index (χ4v) is 2.07. The molecule has 4 nitrogen and oxygen atoms in total. The minimum absolute atomic E-state index is 0.514. The molecule has 0 bridgehead atoms. The van der Waals surface area contributed by atoms with Crippen molar-refractivity contribution in [1.29, 1.82) is 0 Å². The van der Waals surface area contributed by atoms with Gasteiger partial charge in [-0.15, -0.1) is 0 Å². The summed E-state index contributed by atoms with van der Waals surface area (Å²) in [5, 5.41) is 10.1. The molecule has 0 spiro atoms. The van der Waals surface area contributed by atoms with Crippen molar-refractivity contribution in [3.05, 3.63) is 34.5 Å². The lowest BCUT2D eigenvalue weighted by atomic mass is 10.1. The number of fused-ring (bicyclic) bond motifs is 1. The van der Waals surface area contributed by atoms with Crippen LogP contribution < -0.4 is 4.74 Å². The van der Waals surface area contributed by atoms with Gasteiger partial charge in [-0.3, -0.25) is 0 Å². The molecule has 94 valence electrons. The molecule has 0 fully saturated rings. The van der Waals surface area contributed by atoms with E-state index < -0.39 is 5.97 Å². The van der Waals surface area contributed by atoms with E-state index >= 15 is 0 Å². The number of aromatic nitrogens is 1. The number of halogens is 1. The maximum Gasteiger partial charge on any atom is 0.328 e. The van der Waals surface area contributed by atoms with Gasteiger partial charge in [-0.2, -0.15) is 0 Å². The summed E-state index contributed by atoms with van der Waals surface area (Å²) in [7, 11) is 1.56. The number of nitrogens with one attached hydrogen (secondary N) is 1. The molecule has 2 N–H and O–H groups in total. The van der Waals surface area contributed by atoms with Crippen molar-refractivity contribution in [2.24, 2.45) is 0 Å². The van der Waals surface area contributed by atoms with Crippen LogP contribution in [0.3, 0.4) is 0 Å². The molecule has 1 aromatic carbocycles. The van der Waals surface area contributed by atoms with Crippen LogP contribution >= 0.6 is 11.6 Å². The molecule has 0 atom stereocenters. The number of carboxylic acid groups (broad SMARTS) is 1. The van der Waals surface area contributed by atoms with Gasteiger partial charge in [0, 0.05) is 22.7 Å². The molecule has 1 aromatic heterocycles. The highest BCUT2D eigenvalue weighted by Crippen LogP contribution is 2.32. The number of aromatic amines is 1. The zero-order chi connectivity index (χ0) is 13.3. The van der Waals surface area contributed by atoms with Gasteiger partial charge in [-0.25, -0.2) is 4.79 Å². The molecular weight excluding hydrogens is 254 g/mol. The molecule has 0 aliphatic heterocycles. The van der Waals surface area contributed by atoms with Crippen LogP contribution in [0.25, 0.3) is 17.0 Å². The minimum Gasteiger partial charge on any atom is -0.495 e. The van der Waals surface area contributed by atoms with Crippen molar-refractivity contribution in [3.63, 3.8) is 0 Å². The summed E-state index contributed by atoms with van der Waals surface area (Å²) in [6.45, 7) is 1.91. The van der Waals surface area contributed by atoms with Crippen molar-refractivity contribution in [1.82, 2.24) is 4.98 Å². The highest BCUT2D eigenvalue weighted by molar-refractivity contribution is 6.32. The second-order valence-corrected chi connectivity index (χ2v) is 4.27. The molecule has 0 radical (unpaired) electrons. The SMILES string of the molecule is COc1cc2c(C)c(/C=C/C(=O)O)[nH]c2cc1Cl. The Morgan fingerprint density at radius 2 is 2.22 bits per heavy atom. The quantitative estimate of drug-likeness (QED) is 0.838. The van der Waals surface area contributed by atoms with Gasteiger partial charge >= 0.3 is 5.97 Å². The van der Waals surface area contributed by atoms with Crippen LogP contribution in [0.1, 0.15) is 11.3 Å². The second-order valence-electron chi connectivity index (χ2n) is 3.87. The number of carbonyl (C=O) groups is 1. The smallest absolute Gasteiger partial charge is 0.328 e. The summed E-state index contributed by atoms with van der Waals surface area (Å²) in [5.41, 5.74) is 2.55. The molecule has 1 heterocycles. The molecule has 0 aliphatic rings. The Bertz CT molecular complexity index is 643. The van der Waals surface area contributed by atoms with Crippen LogP contribution in [-0.2, 0) is 4.79 Å². The highest BCUT2D eigenvalue weighted by Gasteiger charge is 2.10. The van der Waals surface area contributed by atoms with Gasteiger partial charge in [0.05, 0.1) is 12.1 Å². The molecule has 18 heavy (non-hydrogen) atoms. The van der Waals surface area contributed by atoms with E-state index in [9.17, 15) is 4.79 Å². The number of methoxy groups -OCH3 is 1. The Labute approximate surface area is 109 Å². The molecule has 2 aromatic rings. The Morgan fingerprint density at radius 3 is 2.83 bits per heavy atom. The van der Waals surface area contributed by atoms with Crippen LogP contribution in [-0.4, -0.2) is 23.2 Å². The van der Waals surface area contributed by atoms with Crippen molar-refractivity contribution >= 4 is 34.5 Å². The monoisotopic (exact) mass is 265 g/mol. The lowest BCUT2D eigenvalue weighted by molar-refractivity contribution is -0.131. The number of aliphatic carboxylic acids is 1. The van der Waals surface area contributed by atoms with Crippen LogP contribution in [0.5, 0.6) is 5.75 Å². The van der Waals surface area contributed by atoms with Gasteiger partial charge in [-0.1, -0.05) is 11.6 Å². The molecule has 0 amide bonds. The lowest BCUT2D eigenvalue weighted by Crippen LogP contribution is -1.86. The predicted octanol–water partition coefficient (Wildman–Crippen LogP) is 3.24. The second kappa shape index (κ2) is 4.74. The summed E-state index contributed by atoms with van der Waals surface area (Å²) in [6, 6.07) is 3.60. The predicted molar refractivity (Wildman–Crippen MR) is 71.3 cm³/mol. The minimum atomic E-state index is -0.983. The molecule has 0 saturated heterocycles. The van der Waals surface area contributed by atoms with Gasteiger partial charge in [0.2, 0.25) is 0 Å². The molecule has 0 saturated carbocycles. The van der Waals surface area contributed by atoms with Gasteiger partial charge in [-0.05, 0) is 30.7 Å². The number of hydrogen-bond donors (Lipinski definition) is 2. The van der Waals surface area contributed by atoms with Gasteiger partial charge in [0.1, 0.15) is 5.75 Å². The normalized spacial score (nSPS) is 11.3. The van der Waals surface area contributed by atoms with E-state index in [-0.39, 0.29) is 0 Å². The molecule has 0 unspecified atom stereocenters. The van der Waals surface area contributed by atoms with Crippen molar-refractivity contribution in [2.45, 2.75) is 6.92 Å². The molecule has 2 rings (SSSR count). The van der Waals surface area contributed by atoms with E-state index in [1.807, 2.05) is 13.0 Å². The first kappa shape index (κ1) is 12.5. The fourth-order valence-electron chi connectivity index (χ4n) is 1.83. The van der Waals surface area contributed by atoms with Gasteiger partial charge in [0.25, 0.3) is 0 Å². The average molecular weight is 266 g/mol. The van der Waals surface area contributed by atoms with Gasteiger partial charge in [0.15, 0.2) is 0 Å². The first-order valence-electron chi connectivity index (χ1n) is 5.29. The molecular formula is C13H12ClNO3. The fraction of sp³-hybridized carbons (Fsp3) is 0.154. The number of aryl methyl sites for hydroxylation is 1. The van der Waals surface area contributed by atoms with Crippen LogP contribution in [0.15, 0.2) is 18.2 Å². The van der Waals surface area contributed by atoms with E-state index in [1.165, 1.54) is 6.08 Å². The summed E-state index contributed by atoms with van der Waals surface area (Å²) in [6.07, 6.45) is 2.62. The van der Waals surface area contributed by atoms with Crippen LogP contribution in [0.2, 0.25) is 5.02 Å². The first-order chi connectivity index (χ1) is 8.52. The number of H-pyrrole nitrogens is 1. The van der Waals surface area contributed by atoms with Crippen molar-refractivity contribution < 1.29 is 14.6 Å². The maximum absolute atomic E-state index is 10.5. The summed E-state index contributed by atoms with van der Waals surface area (Å²) in [5.74, 6) is -0.385. The van der Waals surface area contributed by atoms with Crippen molar-refractivity contribution in [3.8, 4) is 5.75 Å². The Hall–Kier alpha value is -1.94. The Balaban J connectivity index is 2.59. The van der Waals surface area contributed by atoms with Gasteiger partial charge < -0.3 is 14.8 Å². The zero-order valence-corrected chi connectivity index (χ0v) is 10.7. The topological polar surface area (TPSA) is 62.3 Å². The maximum atomic E-state index is 10.5.